The highest BCUT2D eigenvalue weighted by molar-refractivity contribution is 6.59. The number of nitrogens with zero attached hydrogens (tertiary/aromatic N) is 3. The first kappa shape index (κ1) is 20.0. The van der Waals surface area contributed by atoms with E-state index in [9.17, 15) is 10.0 Å². The molecule has 0 bridgehead atoms. The Labute approximate surface area is 165 Å². The largest absolute Gasteiger partial charge is 0.488 e. The van der Waals surface area contributed by atoms with Crippen molar-refractivity contribution in [3.05, 3.63) is 54.6 Å². The van der Waals surface area contributed by atoms with Crippen LogP contribution in [0.4, 0.5) is 5.69 Å². The summed E-state index contributed by atoms with van der Waals surface area (Å²) in [5.74, 6) is 0.445. The monoisotopic (exact) mass is 392 g/mol. The maximum absolute atomic E-state index is 9.68. The molecular formula is C19H17BN4O5. The molecule has 146 valence electrons. The van der Waals surface area contributed by atoms with Crippen LogP contribution in [-0.2, 0) is 4.79 Å². The molecule has 0 spiro atoms. The molecule has 0 unspecified atom stereocenters. The number of benzene rings is 2. The van der Waals surface area contributed by atoms with Crippen molar-refractivity contribution in [1.82, 2.24) is 15.2 Å². The first-order chi connectivity index (χ1) is 14.0. The summed E-state index contributed by atoms with van der Waals surface area (Å²) in [7, 11) is -1.58. The van der Waals surface area contributed by atoms with Crippen molar-refractivity contribution in [2.24, 2.45) is 0 Å². The normalized spacial score (nSPS) is 10.3. The predicted octanol–water partition coefficient (Wildman–Crippen LogP) is 1.22. The molecule has 10 heteroatoms. The van der Waals surface area contributed by atoms with Gasteiger partial charge in [-0.05, 0) is 41.7 Å². The molecule has 0 aliphatic heterocycles. The zero-order valence-corrected chi connectivity index (χ0v) is 15.4. The number of carbonyl (C=O) groups is 1. The molecule has 9 nitrogen and oxygen atoms in total. The summed E-state index contributed by atoms with van der Waals surface area (Å²) in [6.07, 6.45) is 4.57. The minimum absolute atomic E-state index is 0.250. The number of carboxylic acid groups (broad SMARTS) is 1. The number of aromatic nitrogens is 3. The zero-order chi connectivity index (χ0) is 21.0. The van der Waals surface area contributed by atoms with E-state index in [2.05, 4.69) is 15.2 Å². The molecule has 0 amide bonds. The van der Waals surface area contributed by atoms with Crippen LogP contribution in [0.2, 0.25) is 0 Å². The van der Waals surface area contributed by atoms with Gasteiger partial charge in [0.25, 0.3) is 6.47 Å². The molecule has 0 atom stereocenters. The Bertz CT molecular complexity index is 1150. The third-order valence-corrected chi connectivity index (χ3v) is 4.33. The van der Waals surface area contributed by atoms with Crippen LogP contribution in [0, 0.1) is 6.92 Å². The van der Waals surface area contributed by atoms with Gasteiger partial charge in [-0.2, -0.15) is 10.2 Å². The lowest BCUT2D eigenvalue weighted by molar-refractivity contribution is -0.122. The quantitative estimate of drug-likeness (QED) is 0.297. The molecule has 4 rings (SSSR count). The lowest BCUT2D eigenvalue weighted by Gasteiger charge is -2.13. The van der Waals surface area contributed by atoms with Gasteiger partial charge >= 0.3 is 7.12 Å². The third kappa shape index (κ3) is 4.08. The summed E-state index contributed by atoms with van der Waals surface area (Å²) in [4.78, 5) is 12.6. The van der Waals surface area contributed by atoms with Crippen molar-refractivity contribution < 1.29 is 24.4 Å². The molecule has 0 radical (unpaired) electrons. The second kappa shape index (κ2) is 8.51. The van der Waals surface area contributed by atoms with Crippen LogP contribution < -0.4 is 11.2 Å². The number of hydrogen-bond donors (Lipinski definition) is 4. The summed E-state index contributed by atoms with van der Waals surface area (Å²) in [5.41, 5.74) is 10.6. The predicted molar refractivity (Wildman–Crippen MR) is 108 cm³/mol. The minimum atomic E-state index is -1.58. The van der Waals surface area contributed by atoms with Gasteiger partial charge in [0.15, 0.2) is 0 Å². The number of nitrogens with two attached hydrogens (primary N) is 1. The zero-order valence-electron chi connectivity index (χ0n) is 15.4. The highest BCUT2D eigenvalue weighted by Crippen LogP contribution is 2.33. The Hall–Kier alpha value is -3.76. The molecule has 4 aromatic rings. The minimum Gasteiger partial charge on any atom is -0.483 e. The smallest absolute Gasteiger partial charge is 0.483 e. The molecule has 0 saturated heterocycles. The van der Waals surface area contributed by atoms with Crippen molar-refractivity contribution >= 4 is 35.6 Å². The van der Waals surface area contributed by atoms with Gasteiger partial charge < -0.3 is 25.3 Å². The first-order valence-electron chi connectivity index (χ1n) is 8.46. The molecule has 2 heterocycles. The summed E-state index contributed by atoms with van der Waals surface area (Å²) in [6, 6.07) is 9.16. The van der Waals surface area contributed by atoms with E-state index in [1.54, 1.807) is 19.2 Å². The molecule has 0 aliphatic carbocycles. The van der Waals surface area contributed by atoms with Gasteiger partial charge in [0.1, 0.15) is 6.26 Å². The topological polar surface area (TPSA) is 156 Å². The Kier molecular flexibility index (Phi) is 5.86. The molecule has 2 aromatic carbocycles. The molecule has 0 fully saturated rings. The maximum atomic E-state index is 9.68. The average molecular weight is 392 g/mol. The van der Waals surface area contributed by atoms with Crippen LogP contribution in [0.15, 0.2) is 53.4 Å². The summed E-state index contributed by atoms with van der Waals surface area (Å²) in [6.45, 7) is 1.55. The van der Waals surface area contributed by atoms with E-state index in [0.29, 0.717) is 22.6 Å². The number of rotatable bonds is 3. The first-order valence-corrected chi connectivity index (χ1v) is 8.46. The van der Waals surface area contributed by atoms with E-state index in [1.807, 2.05) is 24.3 Å². The van der Waals surface area contributed by atoms with Gasteiger partial charge in [0.05, 0.1) is 23.6 Å². The third-order valence-electron chi connectivity index (χ3n) is 4.33. The molecular weight excluding hydrogens is 375 g/mol. The molecule has 0 saturated carbocycles. The maximum Gasteiger partial charge on any atom is 0.488 e. The van der Waals surface area contributed by atoms with Crippen LogP contribution in [0.1, 0.15) is 5.56 Å². The van der Waals surface area contributed by atoms with E-state index >= 15 is 0 Å². The van der Waals surface area contributed by atoms with E-state index in [-0.39, 0.29) is 6.47 Å². The molecule has 5 N–H and O–H groups in total. The van der Waals surface area contributed by atoms with Crippen molar-refractivity contribution in [2.45, 2.75) is 6.92 Å². The summed E-state index contributed by atoms with van der Waals surface area (Å²) >= 11 is 0. The molecule has 2 aromatic heterocycles. The van der Waals surface area contributed by atoms with E-state index < -0.39 is 7.12 Å². The van der Waals surface area contributed by atoms with Gasteiger partial charge in [-0.15, -0.1) is 0 Å². The second-order valence-electron chi connectivity index (χ2n) is 6.10. The Balaban J connectivity index is 0.000000755. The number of fused-ring (bicyclic) bond motifs is 1. The van der Waals surface area contributed by atoms with Gasteiger partial charge in [0.2, 0.25) is 5.89 Å². The van der Waals surface area contributed by atoms with E-state index in [0.717, 1.165) is 27.6 Å². The number of hydrogen-bond acceptors (Lipinski definition) is 8. The van der Waals surface area contributed by atoms with Crippen molar-refractivity contribution in [2.75, 3.05) is 5.73 Å². The highest BCUT2D eigenvalue weighted by Gasteiger charge is 2.20. The van der Waals surface area contributed by atoms with Gasteiger partial charge in [0, 0.05) is 10.9 Å². The average Bonchev–Trinajstić information content (AvgIpc) is 3.23. The van der Waals surface area contributed by atoms with Crippen molar-refractivity contribution in [3.63, 3.8) is 0 Å². The van der Waals surface area contributed by atoms with E-state index in [1.165, 1.54) is 12.5 Å². The van der Waals surface area contributed by atoms with Crippen molar-refractivity contribution in [1.29, 1.82) is 0 Å². The Morgan fingerprint density at radius 3 is 2.59 bits per heavy atom. The van der Waals surface area contributed by atoms with Gasteiger partial charge in [-0.1, -0.05) is 17.7 Å². The Morgan fingerprint density at radius 1 is 1.17 bits per heavy atom. The van der Waals surface area contributed by atoms with Crippen molar-refractivity contribution in [3.8, 4) is 22.6 Å². The Morgan fingerprint density at radius 2 is 1.93 bits per heavy atom. The fraction of sp³-hybridized carbons (Fsp3) is 0.0526. The number of nitrogen functional groups attached to an aromatic ring is 1. The second-order valence-corrected chi connectivity index (χ2v) is 6.10. The lowest BCUT2D eigenvalue weighted by atomic mass is 9.75. The molecule has 0 aliphatic rings. The van der Waals surface area contributed by atoms with Crippen LogP contribution in [0.3, 0.4) is 0 Å². The van der Waals surface area contributed by atoms with Gasteiger partial charge in [-0.25, -0.2) is 4.98 Å². The fourth-order valence-corrected chi connectivity index (χ4v) is 3.02. The fourth-order valence-electron chi connectivity index (χ4n) is 3.02. The number of oxazole rings is 1. The standard InChI is InChI=1S/C18H15BN4O3.CH2O2/c1-10-6-14(18-21-4-5-26-18)13(8-15(10)19(24)25)11-2-3-12-16(20)9-22-23-17(12)7-11;2-1-3/h2-9,24-25H,1H3,(H2,20,23);1H,(H,2,3). The molecule has 29 heavy (non-hydrogen) atoms. The summed E-state index contributed by atoms with van der Waals surface area (Å²) < 4.78 is 5.46. The SMILES string of the molecule is Cc1cc(-c2ncco2)c(-c2ccc3c(N)cnnc3c2)cc1B(O)O.O=CO. The number of aryl methyl sites for hydroxylation is 1. The van der Waals surface area contributed by atoms with E-state index in [4.69, 9.17) is 20.1 Å². The van der Waals surface area contributed by atoms with Gasteiger partial charge in [-0.3, -0.25) is 4.79 Å². The van der Waals surface area contributed by atoms with Crippen LogP contribution in [0.5, 0.6) is 0 Å². The van der Waals surface area contributed by atoms with Crippen LogP contribution in [0.25, 0.3) is 33.5 Å². The van der Waals surface area contributed by atoms with Crippen LogP contribution in [-0.4, -0.2) is 43.9 Å². The number of anilines is 1. The lowest BCUT2D eigenvalue weighted by Crippen LogP contribution is -2.32. The van der Waals surface area contributed by atoms with Crippen LogP contribution >= 0.6 is 0 Å². The summed E-state index contributed by atoms with van der Waals surface area (Å²) in [5, 5.41) is 35.1. The highest BCUT2D eigenvalue weighted by atomic mass is 16.4.